The molecule has 248 valence electrons. The van der Waals surface area contributed by atoms with E-state index in [4.69, 9.17) is 4.74 Å². The van der Waals surface area contributed by atoms with Crippen LogP contribution in [0.3, 0.4) is 0 Å². The lowest BCUT2D eigenvalue weighted by atomic mass is 9.92. The van der Waals surface area contributed by atoms with Crippen LogP contribution in [0.4, 0.5) is 0 Å². The largest absolute Gasteiger partial charge is 0.388 e. The van der Waals surface area contributed by atoms with E-state index in [1.807, 2.05) is 57.2 Å². The molecule has 0 aromatic heterocycles. The van der Waals surface area contributed by atoms with Crippen LogP contribution in [0.5, 0.6) is 0 Å². The topological polar surface area (TPSA) is 126 Å². The first kappa shape index (κ1) is 35.5. The maximum absolute atomic E-state index is 13.9. The number of hydrogen-bond acceptors (Lipinski definition) is 10. The highest BCUT2D eigenvalue weighted by Gasteiger charge is 2.49. The molecule has 0 saturated carbocycles. The Kier molecular flexibility index (Phi) is 12.9. The molecule has 12 heteroatoms. The van der Waals surface area contributed by atoms with E-state index in [0.717, 1.165) is 56.6 Å². The van der Waals surface area contributed by atoms with Gasteiger partial charge in [0.2, 0.25) is 5.91 Å². The smallest absolute Gasteiger partial charge is 0.255 e. The third-order valence-electron chi connectivity index (χ3n) is 9.29. The van der Waals surface area contributed by atoms with Gasteiger partial charge in [-0.1, -0.05) is 32.4 Å². The second-order valence-corrected chi connectivity index (χ2v) is 15.3. The molecule has 4 rings (SSSR count). The molecule has 3 saturated heterocycles. The summed E-state index contributed by atoms with van der Waals surface area (Å²) in [5.41, 5.74) is -0.156. The number of aliphatic hydroxyl groups excluding tert-OH is 3. The first-order chi connectivity index (χ1) is 21.0. The second-order valence-electron chi connectivity index (χ2n) is 12.9. The molecule has 0 spiro atoms. The first-order valence-electron chi connectivity index (χ1n) is 15.9. The van der Waals surface area contributed by atoms with Crippen molar-refractivity contribution in [2.45, 2.75) is 104 Å². The zero-order valence-corrected chi connectivity index (χ0v) is 28.6. The zero-order chi connectivity index (χ0) is 32.1. The molecule has 0 aliphatic carbocycles. The van der Waals surface area contributed by atoms with Gasteiger partial charge in [0.1, 0.15) is 29.9 Å². The summed E-state index contributed by atoms with van der Waals surface area (Å²) in [5, 5.41) is 35.3. The summed E-state index contributed by atoms with van der Waals surface area (Å²) in [4.78, 5) is 34.7. The van der Waals surface area contributed by atoms with Gasteiger partial charge in [0.05, 0.1) is 17.6 Å². The van der Waals surface area contributed by atoms with Crippen LogP contribution in [0.1, 0.15) is 56.3 Å². The van der Waals surface area contributed by atoms with Gasteiger partial charge in [-0.05, 0) is 71.1 Å². The van der Waals surface area contributed by atoms with Crippen molar-refractivity contribution in [1.29, 1.82) is 0 Å². The van der Waals surface area contributed by atoms with Crippen LogP contribution in [0, 0.1) is 5.92 Å². The van der Waals surface area contributed by atoms with Crippen molar-refractivity contribution in [2.24, 2.45) is 5.92 Å². The Labute approximate surface area is 271 Å². The lowest BCUT2D eigenvalue weighted by molar-refractivity contribution is -0.205. The molecular weight excluding hydrogens is 601 g/mol. The summed E-state index contributed by atoms with van der Waals surface area (Å²) in [6.07, 6.45) is 1.52. The van der Waals surface area contributed by atoms with E-state index in [1.54, 1.807) is 6.26 Å². The van der Waals surface area contributed by atoms with Gasteiger partial charge < -0.3 is 35.2 Å². The Hall–Kier alpha value is -1.38. The number of likely N-dealkylation sites (tertiary alicyclic amines) is 2. The summed E-state index contributed by atoms with van der Waals surface area (Å²) < 4.78 is 6.19. The highest BCUT2D eigenvalue weighted by molar-refractivity contribution is 8.00. The highest BCUT2D eigenvalue weighted by Crippen LogP contribution is 2.36. The number of carbonyl (C=O) groups excluding carboxylic acids is 2. The van der Waals surface area contributed by atoms with Gasteiger partial charge in [-0.3, -0.25) is 14.5 Å². The van der Waals surface area contributed by atoms with E-state index in [1.165, 1.54) is 23.5 Å². The van der Waals surface area contributed by atoms with Crippen LogP contribution in [-0.2, 0) is 9.53 Å². The van der Waals surface area contributed by atoms with Crippen molar-refractivity contribution in [3.8, 4) is 0 Å². The van der Waals surface area contributed by atoms with E-state index in [2.05, 4.69) is 22.0 Å². The van der Waals surface area contributed by atoms with Crippen molar-refractivity contribution in [3.63, 3.8) is 0 Å². The Morgan fingerprint density at radius 3 is 2.57 bits per heavy atom. The van der Waals surface area contributed by atoms with Gasteiger partial charge in [0.25, 0.3) is 5.91 Å². The molecule has 1 aromatic carbocycles. The molecule has 4 N–H and O–H groups in total. The van der Waals surface area contributed by atoms with Crippen molar-refractivity contribution in [2.75, 3.05) is 47.0 Å². The van der Waals surface area contributed by atoms with Crippen molar-refractivity contribution in [1.82, 2.24) is 20.0 Å². The average Bonchev–Trinajstić information content (AvgIpc) is 3.60. The molecule has 3 aliphatic heterocycles. The number of benzene rings is 1. The fraction of sp³-hybridized carbons (Fsp3) is 0.750. The lowest BCUT2D eigenvalue weighted by Crippen LogP contribution is -2.65. The molecule has 10 atom stereocenters. The predicted octanol–water partition coefficient (Wildman–Crippen LogP) is 2.11. The number of hydrogen-bond donors (Lipinski definition) is 4. The molecule has 0 bridgehead atoms. The van der Waals surface area contributed by atoms with E-state index in [9.17, 15) is 24.9 Å². The van der Waals surface area contributed by atoms with Crippen LogP contribution in [0.15, 0.2) is 29.2 Å². The highest BCUT2D eigenvalue weighted by atomic mass is 32.2. The quantitative estimate of drug-likeness (QED) is 0.250. The van der Waals surface area contributed by atoms with Crippen LogP contribution < -0.4 is 5.32 Å². The monoisotopic (exact) mass is 652 g/mol. The zero-order valence-electron chi connectivity index (χ0n) is 27.0. The summed E-state index contributed by atoms with van der Waals surface area (Å²) in [5.74, 6) is 0.295. The number of nitrogens with zero attached hydrogens (tertiary/aromatic N) is 3. The summed E-state index contributed by atoms with van der Waals surface area (Å²) in [7, 11) is 6.01. The number of ether oxygens (including phenoxy) is 1. The number of rotatable bonds is 12. The first-order valence-corrected chi connectivity index (χ1v) is 18.1. The maximum Gasteiger partial charge on any atom is 0.255 e. The third kappa shape index (κ3) is 8.12. The molecule has 3 fully saturated rings. The number of aliphatic hydroxyl groups is 3. The van der Waals surface area contributed by atoms with Gasteiger partial charge in [0, 0.05) is 35.8 Å². The Bertz CT molecular complexity index is 1110. The maximum atomic E-state index is 13.9. The minimum Gasteiger partial charge on any atom is -0.388 e. The van der Waals surface area contributed by atoms with Crippen LogP contribution in [0.2, 0.25) is 0 Å². The van der Waals surface area contributed by atoms with Crippen LogP contribution >= 0.6 is 23.5 Å². The van der Waals surface area contributed by atoms with E-state index in [0.29, 0.717) is 11.5 Å². The molecule has 10 nitrogen and oxygen atoms in total. The fourth-order valence-corrected chi connectivity index (χ4v) is 8.90. The number of amides is 2. The van der Waals surface area contributed by atoms with E-state index in [-0.39, 0.29) is 29.1 Å². The molecule has 0 unspecified atom stereocenters. The standard InChI is InChI=1S/C32H52N4O6S2/c1-7-11-20-16-23(35(5)17-20)30(40)33-25(29-27(38)26(37)28(39)32(42-29)43-6)19(2)44-24-14-9-8-13-22(24)31(41)36-15-10-12-21(36)18-34(3)4/h8-9,13-14,19-21,23,25-29,32,37-39H,7,10-12,15-18H2,1-6H3,(H,33,40)/t19-,20-,21+,23+,25-,26+,27-,28-,29-,32-/m1/s1. The van der Waals surface area contributed by atoms with E-state index >= 15 is 0 Å². The van der Waals surface area contributed by atoms with Crippen molar-refractivity contribution in [3.05, 3.63) is 29.8 Å². The van der Waals surface area contributed by atoms with Gasteiger partial charge in [-0.2, -0.15) is 0 Å². The molecule has 2 amide bonds. The second kappa shape index (κ2) is 15.9. The molecule has 1 aromatic rings. The molecule has 3 heterocycles. The molecule has 3 aliphatic rings. The number of likely N-dealkylation sites (N-methyl/N-ethyl adjacent to an activating group) is 2. The average molecular weight is 653 g/mol. The fourth-order valence-electron chi connectivity index (χ4n) is 7.01. The van der Waals surface area contributed by atoms with Crippen molar-refractivity contribution >= 4 is 35.3 Å². The third-order valence-corrected chi connectivity index (χ3v) is 11.4. The molecular formula is C32H52N4O6S2. The number of thioether (sulfide) groups is 2. The summed E-state index contributed by atoms with van der Waals surface area (Å²) >= 11 is 2.70. The van der Waals surface area contributed by atoms with Gasteiger partial charge in [0.15, 0.2) is 0 Å². The van der Waals surface area contributed by atoms with Crippen molar-refractivity contribution < 1.29 is 29.6 Å². The van der Waals surface area contributed by atoms with Gasteiger partial charge in [-0.25, -0.2) is 0 Å². The minimum atomic E-state index is -1.43. The minimum absolute atomic E-state index is 0.00488. The Morgan fingerprint density at radius 1 is 1.16 bits per heavy atom. The summed E-state index contributed by atoms with van der Waals surface area (Å²) in [6.45, 7) is 6.48. The number of nitrogens with one attached hydrogen (secondary N) is 1. The van der Waals surface area contributed by atoms with Crippen LogP contribution in [0.25, 0.3) is 0 Å². The predicted molar refractivity (Wildman–Crippen MR) is 176 cm³/mol. The number of carbonyl (C=O) groups is 2. The summed E-state index contributed by atoms with van der Waals surface area (Å²) in [6, 6.07) is 6.68. The molecule has 44 heavy (non-hydrogen) atoms. The van der Waals surface area contributed by atoms with Crippen LogP contribution in [-0.4, -0.2) is 142 Å². The Balaban J connectivity index is 1.60. The van der Waals surface area contributed by atoms with Gasteiger partial charge in [-0.15, -0.1) is 23.5 Å². The van der Waals surface area contributed by atoms with Gasteiger partial charge >= 0.3 is 0 Å². The van der Waals surface area contributed by atoms with E-state index < -0.39 is 35.9 Å². The SMILES string of the molecule is CCC[C@@H]1C[C@@H](C(=O)N[C@@H]([C@H]2O[C@H](SC)[C@H](O)[C@@H](O)[C@H]2O)[C@@H](C)Sc2ccccc2C(=O)N2CCC[C@H]2CN(C)C)N(C)C1. The Morgan fingerprint density at radius 2 is 1.89 bits per heavy atom. The molecule has 0 radical (unpaired) electrons. The lowest BCUT2D eigenvalue weighted by Gasteiger charge is -2.44. The normalized spacial score (nSPS) is 32.6.